The van der Waals surface area contributed by atoms with Crippen molar-refractivity contribution in [3.63, 3.8) is 0 Å². The Kier molecular flexibility index (Phi) is 4.80. The Labute approximate surface area is 151 Å². The van der Waals surface area contributed by atoms with Crippen LogP contribution in [-0.4, -0.2) is 12.1 Å². The van der Waals surface area contributed by atoms with E-state index in [1.54, 1.807) is 6.21 Å². The third kappa shape index (κ3) is 3.63. The molecule has 0 aliphatic rings. The van der Waals surface area contributed by atoms with Crippen molar-refractivity contribution in [2.45, 2.75) is 6.92 Å². The van der Waals surface area contributed by atoms with E-state index in [2.05, 4.69) is 26.5 Å². The molecule has 0 unspecified atom stereocenters. The molecule has 0 radical (unpaired) electrons. The van der Waals surface area contributed by atoms with Gasteiger partial charge >= 0.3 is 0 Å². The lowest BCUT2D eigenvalue weighted by Gasteiger charge is -1.98. The molecule has 1 N–H and O–H groups in total. The fraction of sp³-hybridized carbons (Fsp3) is 0.0588. The Morgan fingerprint density at radius 3 is 2.91 bits per heavy atom. The van der Waals surface area contributed by atoms with Gasteiger partial charge in [-0.1, -0.05) is 51.8 Å². The van der Waals surface area contributed by atoms with E-state index in [-0.39, 0.29) is 5.91 Å². The predicted octanol–water partition coefficient (Wildman–Crippen LogP) is 5.39. The molecule has 0 aliphatic heterocycles. The number of halogens is 2. The third-order valence-corrected chi connectivity index (χ3v) is 5.37. The summed E-state index contributed by atoms with van der Waals surface area (Å²) in [6, 6.07) is 13.6. The van der Waals surface area contributed by atoms with Crippen LogP contribution in [0.1, 0.15) is 20.8 Å². The number of hydrogen-bond donors (Lipinski definition) is 1. The number of carbonyl (C=O) groups is 1. The molecular weight excluding hydrogens is 396 g/mol. The lowest BCUT2D eigenvalue weighted by atomic mass is 10.2. The number of nitrogens with zero attached hydrogens (tertiary/aromatic N) is 1. The van der Waals surface area contributed by atoms with Gasteiger partial charge in [0.25, 0.3) is 5.91 Å². The average Bonchev–Trinajstić information content (AvgIpc) is 2.83. The number of aryl methyl sites for hydroxylation is 1. The minimum atomic E-state index is -0.305. The Bertz CT molecular complexity index is 920. The molecule has 3 rings (SSSR count). The maximum Gasteiger partial charge on any atom is 0.283 e. The van der Waals surface area contributed by atoms with Gasteiger partial charge in [-0.05, 0) is 36.2 Å². The van der Waals surface area contributed by atoms with Gasteiger partial charge in [0.2, 0.25) is 0 Å². The van der Waals surface area contributed by atoms with E-state index in [9.17, 15) is 4.79 Å². The van der Waals surface area contributed by atoms with Crippen molar-refractivity contribution in [2.24, 2.45) is 5.10 Å². The second kappa shape index (κ2) is 6.83. The van der Waals surface area contributed by atoms with Crippen LogP contribution in [0.4, 0.5) is 0 Å². The molecular formula is C17H12BrClN2OS. The van der Waals surface area contributed by atoms with Crippen molar-refractivity contribution in [1.82, 2.24) is 5.43 Å². The zero-order chi connectivity index (χ0) is 16.4. The summed E-state index contributed by atoms with van der Waals surface area (Å²) >= 11 is 11.1. The van der Waals surface area contributed by atoms with Crippen molar-refractivity contribution in [3.8, 4) is 0 Å². The molecule has 0 saturated carbocycles. The molecule has 23 heavy (non-hydrogen) atoms. The molecule has 0 fully saturated rings. The van der Waals surface area contributed by atoms with Gasteiger partial charge in [0.15, 0.2) is 0 Å². The highest BCUT2D eigenvalue weighted by molar-refractivity contribution is 9.10. The highest BCUT2D eigenvalue weighted by atomic mass is 79.9. The largest absolute Gasteiger partial charge is 0.283 e. The van der Waals surface area contributed by atoms with Crippen LogP contribution in [0.15, 0.2) is 52.0 Å². The van der Waals surface area contributed by atoms with Gasteiger partial charge in [-0.15, -0.1) is 11.3 Å². The Morgan fingerprint density at radius 1 is 1.30 bits per heavy atom. The molecule has 1 amide bonds. The summed E-state index contributed by atoms with van der Waals surface area (Å²) in [4.78, 5) is 12.7. The topological polar surface area (TPSA) is 41.5 Å². The molecule has 0 aliphatic carbocycles. The number of rotatable bonds is 3. The van der Waals surface area contributed by atoms with Crippen LogP contribution in [0.3, 0.4) is 0 Å². The third-order valence-electron chi connectivity index (χ3n) is 3.22. The van der Waals surface area contributed by atoms with Crippen LogP contribution in [0.25, 0.3) is 10.1 Å². The molecule has 1 aromatic heterocycles. The van der Waals surface area contributed by atoms with Crippen LogP contribution in [0, 0.1) is 6.92 Å². The van der Waals surface area contributed by atoms with Gasteiger partial charge in [-0.25, -0.2) is 5.43 Å². The fourth-order valence-corrected chi connectivity index (χ4v) is 4.04. The molecule has 116 valence electrons. The second-order valence-electron chi connectivity index (χ2n) is 5.00. The lowest BCUT2D eigenvalue weighted by molar-refractivity contribution is 0.0959. The van der Waals surface area contributed by atoms with Crippen molar-refractivity contribution >= 4 is 61.1 Å². The van der Waals surface area contributed by atoms with Gasteiger partial charge in [0.05, 0.1) is 11.2 Å². The molecule has 6 heteroatoms. The second-order valence-corrected chi connectivity index (χ2v) is 7.34. The zero-order valence-electron chi connectivity index (χ0n) is 12.1. The number of thiophene rings is 1. The van der Waals surface area contributed by atoms with Crippen LogP contribution < -0.4 is 5.43 Å². The van der Waals surface area contributed by atoms with E-state index < -0.39 is 0 Å². The van der Waals surface area contributed by atoms with Crippen LogP contribution >= 0.6 is 38.9 Å². The van der Waals surface area contributed by atoms with E-state index in [4.69, 9.17) is 11.6 Å². The summed E-state index contributed by atoms with van der Waals surface area (Å²) in [6.45, 7) is 2.01. The van der Waals surface area contributed by atoms with E-state index in [1.165, 1.54) is 11.3 Å². The molecule has 3 aromatic rings. The Morgan fingerprint density at radius 2 is 2.13 bits per heavy atom. The van der Waals surface area contributed by atoms with Gasteiger partial charge in [-0.3, -0.25) is 4.79 Å². The first-order chi connectivity index (χ1) is 11.0. The van der Waals surface area contributed by atoms with Crippen LogP contribution in [0.2, 0.25) is 5.02 Å². The van der Waals surface area contributed by atoms with Crippen LogP contribution in [0.5, 0.6) is 0 Å². The molecule has 0 saturated heterocycles. The minimum absolute atomic E-state index is 0.305. The minimum Gasteiger partial charge on any atom is -0.266 e. The van der Waals surface area contributed by atoms with E-state index >= 15 is 0 Å². The van der Waals surface area contributed by atoms with Crippen molar-refractivity contribution in [2.75, 3.05) is 0 Å². The number of benzene rings is 2. The van der Waals surface area contributed by atoms with Gasteiger partial charge in [0.1, 0.15) is 4.88 Å². The maximum absolute atomic E-state index is 12.3. The molecule has 2 aromatic carbocycles. The SMILES string of the molecule is Cc1ccc2c(Cl)c(C(=O)NN=Cc3cccc(Br)c3)sc2c1. The first-order valence-electron chi connectivity index (χ1n) is 6.82. The summed E-state index contributed by atoms with van der Waals surface area (Å²) < 4.78 is 1.95. The Hall–Kier alpha value is -1.69. The van der Waals surface area contributed by atoms with Gasteiger partial charge < -0.3 is 0 Å². The molecule has 1 heterocycles. The molecule has 0 atom stereocenters. The lowest BCUT2D eigenvalue weighted by Crippen LogP contribution is -2.16. The summed E-state index contributed by atoms with van der Waals surface area (Å²) in [6.07, 6.45) is 1.59. The number of carbonyl (C=O) groups excluding carboxylic acids is 1. The number of fused-ring (bicyclic) bond motifs is 1. The van der Waals surface area contributed by atoms with Crippen molar-refractivity contribution in [3.05, 3.63) is 68.0 Å². The number of hydrogen-bond acceptors (Lipinski definition) is 3. The van der Waals surface area contributed by atoms with Crippen LogP contribution in [-0.2, 0) is 0 Å². The standard InChI is InChI=1S/C17H12BrClN2OS/c1-10-5-6-13-14(7-10)23-16(15(13)19)17(22)21-20-9-11-3-2-4-12(18)8-11/h2-9H,1H3,(H,21,22). The predicted molar refractivity (Wildman–Crippen MR) is 101 cm³/mol. The number of hydrazone groups is 1. The fourth-order valence-electron chi connectivity index (χ4n) is 2.12. The summed E-state index contributed by atoms with van der Waals surface area (Å²) in [7, 11) is 0. The van der Waals surface area contributed by atoms with E-state index in [1.807, 2.05) is 49.4 Å². The van der Waals surface area contributed by atoms with Gasteiger partial charge in [-0.2, -0.15) is 5.10 Å². The van der Waals surface area contributed by atoms with Crippen molar-refractivity contribution in [1.29, 1.82) is 0 Å². The van der Waals surface area contributed by atoms with Gasteiger partial charge in [0, 0.05) is 14.6 Å². The highest BCUT2D eigenvalue weighted by Crippen LogP contribution is 2.35. The molecule has 3 nitrogen and oxygen atoms in total. The van der Waals surface area contributed by atoms with Crippen molar-refractivity contribution < 1.29 is 4.79 Å². The quantitative estimate of drug-likeness (QED) is 0.459. The van der Waals surface area contributed by atoms with E-state index in [0.717, 1.165) is 25.7 Å². The monoisotopic (exact) mass is 406 g/mol. The molecule has 0 spiro atoms. The number of nitrogens with one attached hydrogen (secondary N) is 1. The average molecular weight is 408 g/mol. The molecule has 0 bridgehead atoms. The Balaban J connectivity index is 1.79. The maximum atomic E-state index is 12.3. The normalized spacial score (nSPS) is 11.3. The highest BCUT2D eigenvalue weighted by Gasteiger charge is 2.16. The first-order valence-corrected chi connectivity index (χ1v) is 8.81. The summed E-state index contributed by atoms with van der Waals surface area (Å²) in [5.41, 5.74) is 4.55. The first kappa shape index (κ1) is 16.2. The smallest absolute Gasteiger partial charge is 0.266 e. The van der Waals surface area contributed by atoms with E-state index in [0.29, 0.717) is 9.90 Å². The number of amides is 1. The zero-order valence-corrected chi connectivity index (χ0v) is 15.3. The summed E-state index contributed by atoms with van der Waals surface area (Å²) in [5.74, 6) is -0.305. The summed E-state index contributed by atoms with van der Waals surface area (Å²) in [5, 5.41) is 5.35.